The molecule has 2 heteroatoms. The van der Waals surface area contributed by atoms with E-state index < -0.39 is 0 Å². The Labute approximate surface area is 124 Å². The van der Waals surface area contributed by atoms with Crippen molar-refractivity contribution in [1.29, 1.82) is 0 Å². The fourth-order valence-electron chi connectivity index (χ4n) is 2.42. The summed E-state index contributed by atoms with van der Waals surface area (Å²) >= 11 is 0. The maximum atomic E-state index is 9.38. The van der Waals surface area contributed by atoms with Gasteiger partial charge in [-0.25, -0.2) is 0 Å². The van der Waals surface area contributed by atoms with Gasteiger partial charge >= 0.3 is 0 Å². The summed E-state index contributed by atoms with van der Waals surface area (Å²) in [5.74, 6) is 0.274. The average molecular weight is 275 g/mol. The first-order valence-corrected chi connectivity index (χ1v) is 6.94. The van der Waals surface area contributed by atoms with Gasteiger partial charge in [-0.1, -0.05) is 60.7 Å². The zero-order valence-corrected chi connectivity index (χ0v) is 11.6. The van der Waals surface area contributed by atoms with E-state index in [1.54, 1.807) is 12.1 Å². The summed E-state index contributed by atoms with van der Waals surface area (Å²) in [5, 5.41) is 9.38. The molecule has 0 aromatic heterocycles. The summed E-state index contributed by atoms with van der Waals surface area (Å²) in [4.78, 5) is 0. The van der Waals surface area contributed by atoms with Crippen LogP contribution in [0, 0.1) is 0 Å². The lowest BCUT2D eigenvalue weighted by Crippen LogP contribution is -2.11. The summed E-state index contributed by atoms with van der Waals surface area (Å²) in [6.45, 7) is 0. The third kappa shape index (κ3) is 2.96. The zero-order chi connectivity index (χ0) is 14.7. The number of hydrogen-bond donors (Lipinski definition) is 2. The van der Waals surface area contributed by atoms with Crippen molar-refractivity contribution in [3.8, 4) is 16.9 Å². The van der Waals surface area contributed by atoms with Crippen LogP contribution in [0.4, 0.5) is 0 Å². The van der Waals surface area contributed by atoms with Crippen LogP contribution >= 0.6 is 0 Å². The second kappa shape index (κ2) is 5.81. The molecule has 0 aliphatic rings. The number of aromatic hydroxyl groups is 1. The molecular weight excluding hydrogens is 258 g/mol. The van der Waals surface area contributed by atoms with Crippen LogP contribution in [-0.4, -0.2) is 5.11 Å². The second-order valence-corrected chi connectivity index (χ2v) is 5.06. The highest BCUT2D eigenvalue weighted by Gasteiger charge is 2.09. The van der Waals surface area contributed by atoms with Crippen molar-refractivity contribution in [3.63, 3.8) is 0 Å². The predicted molar refractivity (Wildman–Crippen MR) is 86.0 cm³/mol. The molecule has 0 aliphatic carbocycles. The molecule has 21 heavy (non-hydrogen) atoms. The lowest BCUT2D eigenvalue weighted by molar-refractivity contribution is 0.475. The molecule has 0 amide bonds. The normalized spacial score (nSPS) is 12.0. The molecule has 0 spiro atoms. The SMILES string of the molecule is NC(c1ccccc1)c1cccc(-c2ccc(O)cc2)c1. The number of benzene rings is 3. The van der Waals surface area contributed by atoms with Crippen molar-refractivity contribution < 1.29 is 5.11 Å². The van der Waals surface area contributed by atoms with E-state index in [9.17, 15) is 5.11 Å². The van der Waals surface area contributed by atoms with Crippen molar-refractivity contribution >= 4 is 0 Å². The van der Waals surface area contributed by atoms with Crippen molar-refractivity contribution in [1.82, 2.24) is 0 Å². The molecule has 0 saturated carbocycles. The van der Waals surface area contributed by atoms with Gasteiger partial charge in [0.25, 0.3) is 0 Å². The summed E-state index contributed by atoms with van der Waals surface area (Å²) < 4.78 is 0. The molecule has 3 rings (SSSR count). The van der Waals surface area contributed by atoms with E-state index in [1.807, 2.05) is 60.7 Å². The lowest BCUT2D eigenvalue weighted by Gasteiger charge is -2.14. The average Bonchev–Trinajstić information content (AvgIpc) is 2.56. The molecule has 0 bridgehead atoms. The number of phenols is 1. The van der Waals surface area contributed by atoms with Crippen LogP contribution in [0.1, 0.15) is 17.2 Å². The summed E-state index contributed by atoms with van der Waals surface area (Å²) in [7, 11) is 0. The van der Waals surface area contributed by atoms with E-state index in [-0.39, 0.29) is 11.8 Å². The van der Waals surface area contributed by atoms with Gasteiger partial charge in [0.15, 0.2) is 0 Å². The molecular formula is C19H17NO. The fraction of sp³-hybridized carbons (Fsp3) is 0.0526. The second-order valence-electron chi connectivity index (χ2n) is 5.06. The van der Waals surface area contributed by atoms with Crippen LogP contribution in [0.15, 0.2) is 78.9 Å². The number of nitrogens with two attached hydrogens (primary N) is 1. The minimum absolute atomic E-state index is 0.136. The Morgan fingerprint density at radius 2 is 1.33 bits per heavy atom. The molecule has 0 heterocycles. The summed E-state index contributed by atoms with van der Waals surface area (Å²) in [6.07, 6.45) is 0. The Bertz CT molecular complexity index is 720. The number of rotatable bonds is 3. The van der Waals surface area contributed by atoms with Gasteiger partial charge in [0.1, 0.15) is 5.75 Å². The molecule has 0 fully saturated rings. The Kier molecular flexibility index (Phi) is 3.71. The fourth-order valence-corrected chi connectivity index (χ4v) is 2.42. The van der Waals surface area contributed by atoms with E-state index in [0.717, 1.165) is 22.3 Å². The maximum Gasteiger partial charge on any atom is 0.115 e. The van der Waals surface area contributed by atoms with Crippen LogP contribution in [0.25, 0.3) is 11.1 Å². The van der Waals surface area contributed by atoms with Crippen LogP contribution < -0.4 is 5.73 Å². The molecule has 2 nitrogen and oxygen atoms in total. The van der Waals surface area contributed by atoms with Gasteiger partial charge < -0.3 is 10.8 Å². The Morgan fingerprint density at radius 3 is 2.05 bits per heavy atom. The van der Waals surface area contributed by atoms with Crippen molar-refractivity contribution in [2.75, 3.05) is 0 Å². The molecule has 0 radical (unpaired) electrons. The lowest BCUT2D eigenvalue weighted by atomic mass is 9.96. The first-order chi connectivity index (χ1) is 10.2. The quantitative estimate of drug-likeness (QED) is 0.755. The van der Waals surface area contributed by atoms with E-state index in [0.29, 0.717) is 0 Å². The van der Waals surface area contributed by atoms with Gasteiger partial charge in [0.2, 0.25) is 0 Å². The van der Waals surface area contributed by atoms with E-state index in [4.69, 9.17) is 5.73 Å². The van der Waals surface area contributed by atoms with Gasteiger partial charge in [-0.05, 0) is 40.5 Å². The summed E-state index contributed by atoms with van der Waals surface area (Å²) in [6, 6.07) is 25.3. The Hall–Kier alpha value is -2.58. The minimum Gasteiger partial charge on any atom is -0.508 e. The predicted octanol–water partition coefficient (Wildman–Crippen LogP) is 4.11. The van der Waals surface area contributed by atoms with E-state index in [2.05, 4.69) is 6.07 Å². The molecule has 104 valence electrons. The maximum absolute atomic E-state index is 9.38. The molecule has 3 N–H and O–H groups in total. The van der Waals surface area contributed by atoms with Gasteiger partial charge in [-0.2, -0.15) is 0 Å². The molecule has 1 atom stereocenters. The topological polar surface area (TPSA) is 46.2 Å². The highest BCUT2D eigenvalue weighted by atomic mass is 16.3. The Morgan fingerprint density at radius 1 is 0.667 bits per heavy atom. The molecule has 0 aliphatic heterocycles. The van der Waals surface area contributed by atoms with E-state index in [1.165, 1.54) is 0 Å². The van der Waals surface area contributed by atoms with Crippen molar-refractivity contribution in [2.45, 2.75) is 6.04 Å². The van der Waals surface area contributed by atoms with Gasteiger partial charge in [0, 0.05) is 0 Å². The standard InChI is InChI=1S/C19H17NO/c20-19(15-5-2-1-3-6-15)17-8-4-7-16(13-17)14-9-11-18(21)12-10-14/h1-13,19,21H,20H2. The van der Waals surface area contributed by atoms with Crippen LogP contribution in [-0.2, 0) is 0 Å². The van der Waals surface area contributed by atoms with Crippen molar-refractivity contribution in [3.05, 3.63) is 90.0 Å². The van der Waals surface area contributed by atoms with Crippen molar-refractivity contribution in [2.24, 2.45) is 5.73 Å². The number of hydrogen-bond acceptors (Lipinski definition) is 2. The van der Waals surface area contributed by atoms with Crippen LogP contribution in [0.5, 0.6) is 5.75 Å². The zero-order valence-electron chi connectivity index (χ0n) is 11.6. The molecule has 3 aromatic carbocycles. The largest absolute Gasteiger partial charge is 0.508 e. The molecule has 3 aromatic rings. The molecule has 1 unspecified atom stereocenters. The first-order valence-electron chi connectivity index (χ1n) is 6.94. The minimum atomic E-state index is -0.136. The monoisotopic (exact) mass is 275 g/mol. The first kappa shape index (κ1) is 13.4. The Balaban J connectivity index is 1.95. The summed E-state index contributed by atoms with van der Waals surface area (Å²) in [5.41, 5.74) is 10.7. The van der Waals surface area contributed by atoms with Gasteiger partial charge in [0.05, 0.1) is 6.04 Å². The van der Waals surface area contributed by atoms with Crippen LogP contribution in [0.2, 0.25) is 0 Å². The highest BCUT2D eigenvalue weighted by Crippen LogP contribution is 2.26. The smallest absolute Gasteiger partial charge is 0.115 e. The van der Waals surface area contributed by atoms with Gasteiger partial charge in [-0.15, -0.1) is 0 Å². The highest BCUT2D eigenvalue weighted by molar-refractivity contribution is 5.65. The molecule has 0 saturated heterocycles. The third-order valence-corrected chi connectivity index (χ3v) is 3.61. The van der Waals surface area contributed by atoms with Gasteiger partial charge in [-0.3, -0.25) is 0 Å². The van der Waals surface area contributed by atoms with Crippen LogP contribution in [0.3, 0.4) is 0 Å². The van der Waals surface area contributed by atoms with E-state index >= 15 is 0 Å². The number of phenolic OH excluding ortho intramolecular Hbond substituents is 1. The third-order valence-electron chi connectivity index (χ3n) is 3.61.